The van der Waals surface area contributed by atoms with E-state index in [1.165, 1.54) is 0 Å². The molecule has 22 heavy (non-hydrogen) atoms. The van der Waals surface area contributed by atoms with Crippen LogP contribution in [-0.4, -0.2) is 16.0 Å². The summed E-state index contributed by atoms with van der Waals surface area (Å²) < 4.78 is 0. The lowest BCUT2D eigenvalue weighted by atomic mass is 10.1. The van der Waals surface area contributed by atoms with Gasteiger partial charge in [-0.3, -0.25) is 0 Å². The number of allylic oxidation sites excluding steroid dienone is 4. The molecule has 0 aromatic carbocycles. The third kappa shape index (κ3) is 3.53. The zero-order chi connectivity index (χ0) is 15.9. The lowest BCUT2D eigenvalue weighted by Crippen LogP contribution is -2.19. The molecule has 1 aliphatic heterocycles. The van der Waals surface area contributed by atoms with E-state index in [2.05, 4.69) is 40.5 Å². The monoisotopic (exact) mass is 295 g/mol. The highest BCUT2D eigenvalue weighted by atomic mass is 15.1. The topological polar surface area (TPSA) is 73.6 Å². The first-order chi connectivity index (χ1) is 10.7. The van der Waals surface area contributed by atoms with Gasteiger partial charge in [0.05, 0.1) is 11.4 Å². The molecule has 0 atom stereocenters. The molecule has 0 spiro atoms. The fourth-order valence-electron chi connectivity index (χ4n) is 2.23. The first-order valence-electron chi connectivity index (χ1n) is 7.54. The van der Waals surface area contributed by atoms with Crippen LogP contribution in [0, 0.1) is 18.3 Å². The standard InChI is InChI=1S/C17H21N5/c1-4-13(5-2)21-17-20-11-12(3)16(22-17)14(10-18)15-8-6-7-9-19-15/h6-9,11,13,19H,4-5H2,1-3H3,(H,20,21,22)/b15-14-. The van der Waals surface area contributed by atoms with Gasteiger partial charge in [0.15, 0.2) is 0 Å². The number of dihydropyridines is 1. The van der Waals surface area contributed by atoms with Gasteiger partial charge in [-0.1, -0.05) is 19.9 Å². The molecule has 1 aromatic heterocycles. The van der Waals surface area contributed by atoms with Crippen LogP contribution in [-0.2, 0) is 0 Å². The average molecular weight is 295 g/mol. The van der Waals surface area contributed by atoms with Gasteiger partial charge in [0.2, 0.25) is 5.95 Å². The minimum absolute atomic E-state index is 0.337. The number of nitriles is 1. The first kappa shape index (κ1) is 15.8. The van der Waals surface area contributed by atoms with Gasteiger partial charge >= 0.3 is 0 Å². The molecule has 2 heterocycles. The Labute approximate surface area is 131 Å². The van der Waals surface area contributed by atoms with E-state index in [1.807, 2.05) is 25.2 Å². The van der Waals surface area contributed by atoms with E-state index < -0.39 is 0 Å². The predicted octanol–water partition coefficient (Wildman–Crippen LogP) is 3.29. The molecule has 0 fully saturated rings. The zero-order valence-electron chi connectivity index (χ0n) is 13.2. The minimum Gasteiger partial charge on any atom is -0.361 e. The summed E-state index contributed by atoms with van der Waals surface area (Å²) in [6.07, 6.45) is 11.2. The lowest BCUT2D eigenvalue weighted by molar-refractivity contribution is 0.664. The number of nitrogens with zero attached hydrogens (tertiary/aromatic N) is 3. The average Bonchev–Trinajstić information content (AvgIpc) is 2.57. The Bertz CT molecular complexity index is 660. The Morgan fingerprint density at radius 3 is 2.73 bits per heavy atom. The summed E-state index contributed by atoms with van der Waals surface area (Å²) in [4.78, 5) is 8.88. The van der Waals surface area contributed by atoms with Crippen molar-refractivity contribution in [2.24, 2.45) is 0 Å². The number of nitrogens with one attached hydrogen (secondary N) is 2. The van der Waals surface area contributed by atoms with Gasteiger partial charge in [-0.25, -0.2) is 9.97 Å². The Morgan fingerprint density at radius 1 is 1.36 bits per heavy atom. The van der Waals surface area contributed by atoms with Crippen LogP contribution in [0.25, 0.3) is 5.57 Å². The molecule has 0 bridgehead atoms. The summed E-state index contributed by atoms with van der Waals surface area (Å²) in [6, 6.07) is 2.59. The molecule has 1 aliphatic rings. The van der Waals surface area contributed by atoms with Gasteiger partial charge in [-0.05, 0) is 37.5 Å². The molecule has 2 N–H and O–H groups in total. The number of hydrogen-bond acceptors (Lipinski definition) is 5. The van der Waals surface area contributed by atoms with Gasteiger partial charge in [-0.15, -0.1) is 0 Å². The van der Waals surface area contributed by atoms with E-state index in [0.29, 0.717) is 23.3 Å². The highest BCUT2D eigenvalue weighted by Crippen LogP contribution is 2.21. The minimum atomic E-state index is 0.337. The van der Waals surface area contributed by atoms with Crippen LogP contribution < -0.4 is 10.6 Å². The molecule has 0 amide bonds. The predicted molar refractivity (Wildman–Crippen MR) is 88.7 cm³/mol. The summed E-state index contributed by atoms with van der Waals surface area (Å²) in [5, 5.41) is 15.9. The molecular formula is C17H21N5. The molecule has 5 nitrogen and oxygen atoms in total. The van der Waals surface area contributed by atoms with Crippen molar-refractivity contribution < 1.29 is 0 Å². The number of anilines is 1. The Morgan fingerprint density at radius 2 is 2.14 bits per heavy atom. The molecule has 2 rings (SSSR count). The van der Waals surface area contributed by atoms with Gasteiger partial charge in [0, 0.05) is 18.4 Å². The number of hydrogen-bond donors (Lipinski definition) is 2. The highest BCUT2D eigenvalue weighted by molar-refractivity contribution is 5.80. The van der Waals surface area contributed by atoms with Crippen molar-refractivity contribution in [3.63, 3.8) is 0 Å². The van der Waals surface area contributed by atoms with E-state index in [-0.39, 0.29) is 0 Å². The summed E-state index contributed by atoms with van der Waals surface area (Å²) in [7, 11) is 0. The van der Waals surface area contributed by atoms with Crippen molar-refractivity contribution in [1.82, 2.24) is 15.3 Å². The maximum Gasteiger partial charge on any atom is 0.223 e. The van der Waals surface area contributed by atoms with Gasteiger partial charge < -0.3 is 10.6 Å². The summed E-state index contributed by atoms with van der Waals surface area (Å²) >= 11 is 0. The number of rotatable bonds is 5. The second kappa shape index (κ2) is 7.41. The number of aryl methyl sites for hydroxylation is 1. The summed E-state index contributed by atoms with van der Waals surface area (Å²) in [6.45, 7) is 6.17. The lowest BCUT2D eigenvalue weighted by Gasteiger charge is -2.16. The van der Waals surface area contributed by atoms with Crippen molar-refractivity contribution in [2.45, 2.75) is 39.7 Å². The van der Waals surface area contributed by atoms with Crippen LogP contribution >= 0.6 is 0 Å². The molecule has 1 aromatic rings. The summed E-state index contributed by atoms with van der Waals surface area (Å²) in [5.41, 5.74) is 2.81. The van der Waals surface area contributed by atoms with Crippen LogP contribution in [0.15, 0.2) is 36.3 Å². The van der Waals surface area contributed by atoms with Crippen LogP contribution in [0.5, 0.6) is 0 Å². The first-order valence-corrected chi connectivity index (χ1v) is 7.54. The number of aromatic nitrogens is 2. The van der Waals surface area contributed by atoms with Crippen LogP contribution in [0.3, 0.4) is 0 Å². The van der Waals surface area contributed by atoms with Crippen LogP contribution in [0.2, 0.25) is 0 Å². The fourth-order valence-corrected chi connectivity index (χ4v) is 2.23. The molecule has 0 unspecified atom stereocenters. The van der Waals surface area contributed by atoms with Gasteiger partial charge in [0.25, 0.3) is 0 Å². The van der Waals surface area contributed by atoms with Crippen LogP contribution in [0.1, 0.15) is 37.9 Å². The van der Waals surface area contributed by atoms with Crippen LogP contribution in [0.4, 0.5) is 5.95 Å². The zero-order valence-corrected chi connectivity index (χ0v) is 13.2. The van der Waals surface area contributed by atoms with E-state index >= 15 is 0 Å². The molecule has 0 saturated heterocycles. The highest BCUT2D eigenvalue weighted by Gasteiger charge is 2.14. The smallest absolute Gasteiger partial charge is 0.223 e. The molecule has 0 aliphatic carbocycles. The maximum absolute atomic E-state index is 9.53. The van der Waals surface area contributed by atoms with Crippen molar-refractivity contribution in [3.05, 3.63) is 47.6 Å². The normalized spacial score (nSPS) is 15.4. The fraction of sp³-hybridized carbons (Fsp3) is 0.353. The third-order valence-electron chi connectivity index (χ3n) is 3.62. The van der Waals surface area contributed by atoms with Crippen molar-refractivity contribution >= 4 is 11.5 Å². The van der Waals surface area contributed by atoms with Crippen molar-refractivity contribution in [1.29, 1.82) is 5.26 Å². The van der Waals surface area contributed by atoms with E-state index in [4.69, 9.17) is 0 Å². The Balaban J connectivity index is 2.40. The Hall–Kier alpha value is -2.61. The second-order valence-corrected chi connectivity index (χ2v) is 5.15. The van der Waals surface area contributed by atoms with E-state index in [1.54, 1.807) is 12.4 Å². The third-order valence-corrected chi connectivity index (χ3v) is 3.62. The SMILES string of the molecule is CCC(CC)Nc1ncc(C)c(/C(C#N)=C2/C=CC=CN2)n1. The van der Waals surface area contributed by atoms with Gasteiger partial charge in [0.1, 0.15) is 11.6 Å². The molecular weight excluding hydrogens is 274 g/mol. The van der Waals surface area contributed by atoms with E-state index in [0.717, 1.165) is 24.1 Å². The molecule has 5 heteroatoms. The molecule has 0 radical (unpaired) electrons. The van der Waals surface area contributed by atoms with E-state index in [9.17, 15) is 5.26 Å². The Kier molecular flexibility index (Phi) is 5.31. The summed E-state index contributed by atoms with van der Waals surface area (Å²) in [5.74, 6) is 0.568. The largest absolute Gasteiger partial charge is 0.361 e. The molecule has 0 saturated carbocycles. The van der Waals surface area contributed by atoms with Gasteiger partial charge in [-0.2, -0.15) is 5.26 Å². The molecule has 114 valence electrons. The quantitative estimate of drug-likeness (QED) is 0.815. The van der Waals surface area contributed by atoms with Crippen molar-refractivity contribution in [3.8, 4) is 6.07 Å². The van der Waals surface area contributed by atoms with Crippen molar-refractivity contribution in [2.75, 3.05) is 5.32 Å². The second-order valence-electron chi connectivity index (χ2n) is 5.15. The maximum atomic E-state index is 9.53.